The molecule has 7 nitrogen and oxygen atoms in total. The summed E-state index contributed by atoms with van der Waals surface area (Å²) in [5, 5.41) is 24.7. The number of carbonyl (C=O) groups is 1. The number of benzene rings is 1. The molecule has 1 aliphatic heterocycles. The van der Waals surface area contributed by atoms with E-state index in [1.54, 1.807) is 41.6 Å². The average Bonchev–Trinajstić information content (AvgIpc) is 3.36. The summed E-state index contributed by atoms with van der Waals surface area (Å²) in [6, 6.07) is 13.2. The van der Waals surface area contributed by atoms with Gasteiger partial charge in [0, 0.05) is 29.6 Å². The van der Waals surface area contributed by atoms with Crippen molar-refractivity contribution in [2.75, 3.05) is 13.1 Å². The minimum absolute atomic E-state index is 0.0389. The minimum atomic E-state index is -0.262. The van der Waals surface area contributed by atoms with E-state index < -0.39 is 0 Å². The standard InChI is InChI=1S/C19H15ClN6O/c20-15-3-1-12(2-4-15)16-11-26(10-14(16)8-21)19(27)18-7-17(24-25-18)13-5-6-22-23-9-13/h1-7,9,14,16H,10-11H2,(H,24,25)/t14-,16+/m1/s1. The molecule has 8 heteroatoms. The van der Waals surface area contributed by atoms with Crippen LogP contribution in [0.1, 0.15) is 22.0 Å². The van der Waals surface area contributed by atoms with E-state index in [-0.39, 0.29) is 17.7 Å². The van der Waals surface area contributed by atoms with Gasteiger partial charge in [0.2, 0.25) is 0 Å². The Hall–Kier alpha value is -3.24. The topological polar surface area (TPSA) is 98.6 Å². The van der Waals surface area contributed by atoms with Gasteiger partial charge in [0.25, 0.3) is 5.91 Å². The van der Waals surface area contributed by atoms with Crippen molar-refractivity contribution in [3.05, 3.63) is 65.1 Å². The van der Waals surface area contributed by atoms with Crippen LogP contribution in [0.4, 0.5) is 0 Å². The number of rotatable bonds is 3. The van der Waals surface area contributed by atoms with Crippen LogP contribution in [0.15, 0.2) is 48.8 Å². The highest BCUT2D eigenvalue weighted by Gasteiger charge is 2.37. The van der Waals surface area contributed by atoms with Crippen LogP contribution in [-0.4, -0.2) is 44.3 Å². The zero-order chi connectivity index (χ0) is 18.8. The Morgan fingerprint density at radius 2 is 2.04 bits per heavy atom. The molecule has 134 valence electrons. The number of amides is 1. The van der Waals surface area contributed by atoms with E-state index >= 15 is 0 Å². The first kappa shape index (κ1) is 17.2. The van der Waals surface area contributed by atoms with Crippen LogP contribution >= 0.6 is 11.6 Å². The lowest BCUT2D eigenvalue weighted by Gasteiger charge is -2.15. The number of nitriles is 1. The number of nitrogens with zero attached hydrogens (tertiary/aromatic N) is 5. The quantitative estimate of drug-likeness (QED) is 0.755. The Morgan fingerprint density at radius 1 is 1.22 bits per heavy atom. The molecule has 27 heavy (non-hydrogen) atoms. The highest BCUT2D eigenvalue weighted by molar-refractivity contribution is 6.30. The van der Waals surface area contributed by atoms with Gasteiger partial charge in [0.15, 0.2) is 0 Å². The van der Waals surface area contributed by atoms with Crippen molar-refractivity contribution in [3.8, 4) is 17.3 Å². The SMILES string of the molecule is N#C[C@@H]1CN(C(=O)c2cc(-c3ccnnc3)n[nH]2)C[C@H]1c1ccc(Cl)cc1. The fraction of sp³-hybridized carbons (Fsp3) is 0.211. The van der Waals surface area contributed by atoms with E-state index in [0.717, 1.165) is 11.1 Å². The van der Waals surface area contributed by atoms with Gasteiger partial charge in [-0.25, -0.2) is 0 Å². The van der Waals surface area contributed by atoms with Crippen LogP contribution in [0.5, 0.6) is 0 Å². The van der Waals surface area contributed by atoms with E-state index in [4.69, 9.17) is 11.6 Å². The van der Waals surface area contributed by atoms with Crippen molar-refractivity contribution in [1.82, 2.24) is 25.3 Å². The molecule has 0 radical (unpaired) electrons. The van der Waals surface area contributed by atoms with E-state index in [1.165, 1.54) is 0 Å². The third-order valence-corrected chi connectivity index (χ3v) is 5.01. The van der Waals surface area contributed by atoms with Crippen LogP contribution in [0.2, 0.25) is 5.02 Å². The number of aromatic nitrogens is 4. The number of halogens is 1. The second-order valence-corrected chi connectivity index (χ2v) is 6.84. The number of likely N-dealkylation sites (tertiary alicyclic amines) is 1. The second kappa shape index (κ2) is 7.17. The molecule has 1 fully saturated rings. The molecular formula is C19H15ClN6O. The Labute approximate surface area is 160 Å². The van der Waals surface area contributed by atoms with E-state index in [1.807, 2.05) is 12.1 Å². The van der Waals surface area contributed by atoms with Gasteiger partial charge in [-0.3, -0.25) is 9.89 Å². The molecule has 0 saturated carbocycles. The third kappa shape index (κ3) is 3.39. The Morgan fingerprint density at radius 3 is 2.74 bits per heavy atom. The normalized spacial score (nSPS) is 19.0. The summed E-state index contributed by atoms with van der Waals surface area (Å²) in [4.78, 5) is 14.6. The van der Waals surface area contributed by atoms with Crippen molar-refractivity contribution in [1.29, 1.82) is 5.26 Å². The van der Waals surface area contributed by atoms with Gasteiger partial charge in [0.1, 0.15) is 5.69 Å². The molecule has 2 aromatic heterocycles. The van der Waals surface area contributed by atoms with E-state index in [0.29, 0.717) is 29.5 Å². The number of H-pyrrole nitrogens is 1. The van der Waals surface area contributed by atoms with E-state index in [2.05, 4.69) is 26.5 Å². The van der Waals surface area contributed by atoms with Gasteiger partial charge in [-0.1, -0.05) is 23.7 Å². The molecule has 4 rings (SSSR count). The smallest absolute Gasteiger partial charge is 0.271 e. The molecule has 3 heterocycles. The lowest BCUT2D eigenvalue weighted by atomic mass is 9.90. The third-order valence-electron chi connectivity index (χ3n) is 4.76. The van der Waals surface area contributed by atoms with Gasteiger partial charge in [-0.15, -0.1) is 0 Å². The summed E-state index contributed by atoms with van der Waals surface area (Å²) >= 11 is 5.95. The van der Waals surface area contributed by atoms with Crippen LogP contribution in [0.3, 0.4) is 0 Å². The first-order valence-electron chi connectivity index (χ1n) is 8.42. The number of nitrogens with one attached hydrogen (secondary N) is 1. The summed E-state index contributed by atoms with van der Waals surface area (Å²) in [7, 11) is 0. The fourth-order valence-corrected chi connectivity index (χ4v) is 3.47. The van der Waals surface area contributed by atoms with Gasteiger partial charge < -0.3 is 4.90 Å². The van der Waals surface area contributed by atoms with Gasteiger partial charge in [0.05, 0.1) is 30.1 Å². The van der Waals surface area contributed by atoms with Crippen molar-refractivity contribution >= 4 is 17.5 Å². The van der Waals surface area contributed by atoms with E-state index in [9.17, 15) is 10.1 Å². The van der Waals surface area contributed by atoms with Crippen molar-refractivity contribution in [3.63, 3.8) is 0 Å². The van der Waals surface area contributed by atoms with Crippen molar-refractivity contribution < 1.29 is 4.79 Å². The molecule has 0 bridgehead atoms. The van der Waals surface area contributed by atoms with Gasteiger partial charge in [-0.2, -0.15) is 20.6 Å². The summed E-state index contributed by atoms with van der Waals surface area (Å²) < 4.78 is 0. The summed E-state index contributed by atoms with van der Waals surface area (Å²) in [5.41, 5.74) is 2.79. The minimum Gasteiger partial charge on any atom is -0.335 e. The highest BCUT2D eigenvalue weighted by atomic mass is 35.5. The molecule has 0 aliphatic carbocycles. The van der Waals surface area contributed by atoms with Crippen LogP contribution in [0, 0.1) is 17.2 Å². The van der Waals surface area contributed by atoms with Crippen LogP contribution < -0.4 is 0 Å². The van der Waals surface area contributed by atoms with Crippen molar-refractivity contribution in [2.24, 2.45) is 5.92 Å². The van der Waals surface area contributed by atoms with Crippen molar-refractivity contribution in [2.45, 2.75) is 5.92 Å². The predicted molar refractivity (Wildman–Crippen MR) is 98.8 cm³/mol. The summed E-state index contributed by atoms with van der Waals surface area (Å²) in [6.07, 6.45) is 3.16. The summed E-state index contributed by atoms with van der Waals surface area (Å²) in [6.45, 7) is 0.859. The Kier molecular flexibility index (Phi) is 4.57. The number of hydrogen-bond donors (Lipinski definition) is 1. The Bertz CT molecular complexity index is 995. The monoisotopic (exact) mass is 378 g/mol. The molecule has 1 saturated heterocycles. The first-order valence-corrected chi connectivity index (χ1v) is 8.80. The molecule has 0 unspecified atom stereocenters. The zero-order valence-corrected chi connectivity index (χ0v) is 15.0. The lowest BCUT2D eigenvalue weighted by molar-refractivity contribution is 0.0782. The number of aromatic amines is 1. The number of carbonyl (C=O) groups excluding carboxylic acids is 1. The summed E-state index contributed by atoms with van der Waals surface area (Å²) in [5.74, 6) is -0.475. The maximum atomic E-state index is 12.9. The first-order chi connectivity index (χ1) is 13.2. The predicted octanol–water partition coefficient (Wildman–Crippen LogP) is 2.90. The molecule has 1 aliphatic rings. The van der Waals surface area contributed by atoms with Crippen LogP contribution in [-0.2, 0) is 0 Å². The largest absolute Gasteiger partial charge is 0.335 e. The highest BCUT2D eigenvalue weighted by Crippen LogP contribution is 2.33. The fourth-order valence-electron chi connectivity index (χ4n) is 3.34. The molecule has 1 aromatic carbocycles. The molecule has 1 N–H and O–H groups in total. The average molecular weight is 379 g/mol. The molecule has 2 atom stereocenters. The van der Waals surface area contributed by atoms with Gasteiger partial charge in [-0.05, 0) is 29.8 Å². The van der Waals surface area contributed by atoms with Gasteiger partial charge >= 0.3 is 0 Å². The number of hydrogen-bond acceptors (Lipinski definition) is 5. The molecule has 3 aromatic rings. The maximum Gasteiger partial charge on any atom is 0.271 e. The molecular weight excluding hydrogens is 364 g/mol. The van der Waals surface area contributed by atoms with Crippen LogP contribution in [0.25, 0.3) is 11.3 Å². The maximum absolute atomic E-state index is 12.9. The Balaban J connectivity index is 1.54. The lowest BCUT2D eigenvalue weighted by Crippen LogP contribution is -2.29. The zero-order valence-electron chi connectivity index (χ0n) is 14.2. The molecule has 0 spiro atoms. The molecule has 1 amide bonds. The second-order valence-electron chi connectivity index (χ2n) is 6.40.